The molecule has 2 unspecified atom stereocenters. The molecule has 0 bridgehead atoms. The van der Waals surface area contributed by atoms with Crippen LogP contribution in [-0.2, 0) is 9.13 Å². The van der Waals surface area contributed by atoms with Gasteiger partial charge in [0.1, 0.15) is 0 Å². The highest BCUT2D eigenvalue weighted by molar-refractivity contribution is 8.28. The molecule has 1 saturated heterocycles. The maximum Gasteiger partial charge on any atom is 0.407 e. The molecule has 0 saturated carbocycles. The van der Waals surface area contributed by atoms with Gasteiger partial charge in [0.25, 0.3) is 0 Å². The first-order valence-corrected chi connectivity index (χ1v) is 9.35. The van der Waals surface area contributed by atoms with Crippen LogP contribution in [0.25, 0.3) is 0 Å². The molecule has 2 atom stereocenters. The zero-order chi connectivity index (χ0) is 12.8. The van der Waals surface area contributed by atoms with Gasteiger partial charge in [0.05, 0.1) is 0 Å². The van der Waals surface area contributed by atoms with Crippen LogP contribution in [0.4, 0.5) is 0 Å². The third-order valence-electron chi connectivity index (χ3n) is 2.19. The van der Waals surface area contributed by atoms with Crippen LogP contribution >= 0.6 is 14.3 Å². The second-order valence-electron chi connectivity index (χ2n) is 3.68. The molecule has 5 N–H and O–H groups in total. The number of nitrogens with one attached hydrogen (secondary N) is 2. The maximum atomic E-state index is 10.0. The lowest BCUT2D eigenvalue weighted by atomic mass is 10.1. The van der Waals surface area contributed by atoms with Crippen LogP contribution in [0.1, 0.15) is 12.8 Å². The van der Waals surface area contributed by atoms with E-state index in [0.717, 1.165) is 12.6 Å². The van der Waals surface area contributed by atoms with Gasteiger partial charge in [-0.2, -0.15) is 0 Å². The highest BCUT2D eigenvalue weighted by atomic mass is 32.1. The predicted molar refractivity (Wildman–Crippen MR) is 62.7 cm³/mol. The van der Waals surface area contributed by atoms with Gasteiger partial charge in [-0.3, -0.25) is 4.57 Å². The number of likely N-dealkylation sites (N-methyl/N-ethyl adjacent to an activating group) is 1. The van der Waals surface area contributed by atoms with Gasteiger partial charge in [0.2, 0.25) is 0 Å². The van der Waals surface area contributed by atoms with Gasteiger partial charge in [-0.05, 0) is 26.4 Å². The zero-order valence-electron chi connectivity index (χ0n) is 9.46. The number of hydrogen-bond donors (Lipinski definition) is 5. The minimum Gasteiger partial charge on any atom is -0.336 e. The molecule has 9 heteroatoms. The molecule has 0 aromatic heterocycles. The molecular weight excluding hydrogens is 254 g/mol. The van der Waals surface area contributed by atoms with Crippen molar-refractivity contribution in [3.63, 3.8) is 0 Å². The van der Waals surface area contributed by atoms with E-state index in [1.165, 1.54) is 19.4 Å². The average Bonchev–Trinajstić information content (AvgIpc) is 2.17. The average molecular weight is 274 g/mol. The van der Waals surface area contributed by atoms with E-state index in [1.807, 2.05) is 7.05 Å². The van der Waals surface area contributed by atoms with Crippen molar-refractivity contribution in [2.24, 2.45) is 0 Å². The summed E-state index contributed by atoms with van der Waals surface area (Å²) in [6, 6.07) is 0.726. The van der Waals surface area contributed by atoms with Crippen LogP contribution in [-0.4, -0.2) is 47.5 Å². The summed E-state index contributed by atoms with van der Waals surface area (Å²) in [7, 11) is -6.90. The van der Waals surface area contributed by atoms with E-state index in [-0.39, 0.29) is 0 Å². The molecule has 1 aliphatic heterocycles. The molecule has 0 aromatic carbocycles. The van der Waals surface area contributed by atoms with Crippen molar-refractivity contribution in [2.45, 2.75) is 18.9 Å². The van der Waals surface area contributed by atoms with Crippen LogP contribution in [0, 0.1) is 0 Å². The molecular formula is C7H20N2O5P2. The van der Waals surface area contributed by atoms with E-state index in [0.29, 0.717) is 6.66 Å². The second-order valence-corrected chi connectivity index (χ2v) is 10.2. The lowest BCUT2D eigenvalue weighted by Crippen LogP contribution is -2.41. The van der Waals surface area contributed by atoms with Gasteiger partial charge < -0.3 is 25.3 Å². The lowest BCUT2D eigenvalue weighted by Gasteiger charge is -2.21. The molecule has 0 aliphatic carbocycles. The second kappa shape index (κ2) is 6.87. The summed E-state index contributed by atoms with van der Waals surface area (Å²) in [5, 5.41) is 6.56. The molecule has 1 fully saturated rings. The summed E-state index contributed by atoms with van der Waals surface area (Å²) >= 11 is 0. The predicted octanol–water partition coefficient (Wildman–Crippen LogP) is -0.0629. The molecule has 16 heavy (non-hydrogen) atoms. The fraction of sp³-hybridized carbons (Fsp3) is 1.00. The van der Waals surface area contributed by atoms with Gasteiger partial charge in [-0.1, -0.05) is 0 Å². The Morgan fingerprint density at radius 2 is 1.81 bits per heavy atom. The Kier molecular flexibility index (Phi) is 6.98. The zero-order valence-corrected chi connectivity index (χ0v) is 11.2. The Bertz CT molecular complexity index is 261. The van der Waals surface area contributed by atoms with Crippen molar-refractivity contribution in [1.29, 1.82) is 0 Å². The summed E-state index contributed by atoms with van der Waals surface area (Å²) in [6.07, 6.45) is 2.66. The summed E-state index contributed by atoms with van der Waals surface area (Å²) in [5.41, 5.74) is 0. The van der Waals surface area contributed by atoms with Crippen molar-refractivity contribution >= 4 is 14.3 Å². The Morgan fingerprint density at radius 1 is 1.31 bits per heavy atom. The molecule has 0 radical (unpaired) electrons. The van der Waals surface area contributed by atoms with E-state index in [9.17, 15) is 9.13 Å². The normalized spacial score (nSPS) is 25.2. The molecule has 1 rings (SSSR count). The first-order chi connectivity index (χ1) is 7.18. The van der Waals surface area contributed by atoms with Crippen molar-refractivity contribution in [1.82, 2.24) is 10.6 Å². The van der Waals surface area contributed by atoms with Gasteiger partial charge in [-0.25, -0.2) is 4.57 Å². The maximum absolute atomic E-state index is 10.0. The van der Waals surface area contributed by atoms with Gasteiger partial charge >= 0.3 is 14.3 Å². The minimum absolute atomic E-state index is 0.619. The van der Waals surface area contributed by atoms with Gasteiger partial charge in [0, 0.05) is 19.3 Å². The van der Waals surface area contributed by atoms with E-state index in [2.05, 4.69) is 10.6 Å². The van der Waals surface area contributed by atoms with E-state index in [4.69, 9.17) is 14.7 Å². The van der Waals surface area contributed by atoms with Crippen LogP contribution in [0.2, 0.25) is 0 Å². The fourth-order valence-corrected chi connectivity index (χ4v) is 1.10. The Morgan fingerprint density at radius 3 is 2.00 bits per heavy atom. The lowest BCUT2D eigenvalue weighted by molar-refractivity contribution is 0.378. The van der Waals surface area contributed by atoms with Crippen LogP contribution in [0.15, 0.2) is 0 Å². The van der Waals surface area contributed by atoms with Crippen LogP contribution < -0.4 is 10.6 Å². The van der Waals surface area contributed by atoms with Gasteiger partial charge in [0.15, 0.2) is 0 Å². The van der Waals surface area contributed by atoms with Crippen LogP contribution in [0.3, 0.4) is 0 Å². The Hall–Kier alpha value is 0.260. The monoisotopic (exact) mass is 274 g/mol. The highest BCUT2D eigenvalue weighted by Gasteiger charge is 2.33. The molecule has 7 nitrogen and oxygen atoms in total. The van der Waals surface area contributed by atoms with Gasteiger partial charge in [-0.15, -0.1) is 0 Å². The van der Waals surface area contributed by atoms with Crippen molar-refractivity contribution in [2.75, 3.05) is 26.8 Å². The highest BCUT2D eigenvalue weighted by Crippen LogP contribution is 2.71. The summed E-state index contributed by atoms with van der Waals surface area (Å²) in [4.78, 5) is 24.1. The SMILES string of the molecule is CNC1CCCNC1.CP(=O)(O)P(=O)(O)O. The first-order valence-electron chi connectivity index (χ1n) is 4.92. The first kappa shape index (κ1) is 16.3. The number of piperidine rings is 1. The van der Waals surface area contributed by atoms with Crippen molar-refractivity contribution in [3.05, 3.63) is 0 Å². The van der Waals surface area contributed by atoms with E-state index < -0.39 is 14.3 Å². The molecule has 0 amide bonds. The molecule has 0 spiro atoms. The third-order valence-corrected chi connectivity index (χ3v) is 6.06. The summed E-state index contributed by atoms with van der Waals surface area (Å²) < 4.78 is 19.9. The smallest absolute Gasteiger partial charge is 0.336 e. The summed E-state index contributed by atoms with van der Waals surface area (Å²) in [6.45, 7) is 2.97. The van der Waals surface area contributed by atoms with Crippen LogP contribution in [0.5, 0.6) is 0 Å². The number of hydrogen-bond acceptors (Lipinski definition) is 4. The Labute approximate surface area is 95.1 Å². The quantitative estimate of drug-likeness (QED) is 0.447. The van der Waals surface area contributed by atoms with Crippen molar-refractivity contribution in [3.8, 4) is 0 Å². The molecule has 1 aliphatic rings. The molecule has 0 aromatic rings. The third kappa shape index (κ3) is 6.76. The molecule has 1 heterocycles. The topological polar surface area (TPSA) is 119 Å². The minimum atomic E-state index is -4.74. The largest absolute Gasteiger partial charge is 0.407 e. The summed E-state index contributed by atoms with van der Waals surface area (Å²) in [5.74, 6) is 0. The van der Waals surface area contributed by atoms with E-state index in [1.54, 1.807) is 0 Å². The molecule has 98 valence electrons. The number of rotatable bonds is 2. The Balaban J connectivity index is 0.000000281. The fourth-order valence-electron chi connectivity index (χ4n) is 1.10. The van der Waals surface area contributed by atoms with E-state index >= 15 is 0 Å². The van der Waals surface area contributed by atoms with Crippen molar-refractivity contribution < 1.29 is 23.8 Å². The standard InChI is InChI=1S/C6H14N2.CH6O5P2/c1-7-6-3-2-4-8-5-6;1-7(2,3)8(4,5)6/h6-8H,2-5H2,1H3;1H3,(H,2,3)(H2,4,5,6).